The number of carbonyl (C=O) groups is 1. The van der Waals surface area contributed by atoms with Gasteiger partial charge in [-0.25, -0.2) is 4.98 Å². The van der Waals surface area contributed by atoms with Crippen LogP contribution in [-0.2, 0) is 4.79 Å². The predicted molar refractivity (Wildman–Crippen MR) is 69.0 cm³/mol. The Labute approximate surface area is 111 Å². The Kier molecular flexibility index (Phi) is 4.04. The number of aromatic nitrogens is 1. The molecular weight excluding hydrogens is 254 g/mol. The van der Waals surface area contributed by atoms with Crippen molar-refractivity contribution in [2.75, 3.05) is 5.43 Å². The van der Waals surface area contributed by atoms with Gasteiger partial charge in [0.1, 0.15) is 5.82 Å². The molecule has 1 heterocycles. The van der Waals surface area contributed by atoms with Crippen LogP contribution in [0, 0.1) is 0 Å². The molecule has 0 radical (unpaired) electrons. The van der Waals surface area contributed by atoms with Crippen molar-refractivity contribution >= 4 is 23.3 Å². The predicted octanol–water partition coefficient (Wildman–Crippen LogP) is 1.87. The van der Waals surface area contributed by atoms with Crippen LogP contribution in [0.4, 0.5) is 5.82 Å². The normalized spacial score (nSPS) is 17.4. The summed E-state index contributed by atoms with van der Waals surface area (Å²) in [6.07, 6.45) is 4.99. The third-order valence-electron chi connectivity index (χ3n) is 3.08. The summed E-state index contributed by atoms with van der Waals surface area (Å²) in [5.74, 6) is 0.218. The molecule has 5 nitrogen and oxygen atoms in total. The van der Waals surface area contributed by atoms with Crippen molar-refractivity contribution in [3.8, 4) is 0 Å². The van der Waals surface area contributed by atoms with Crippen molar-refractivity contribution in [2.24, 2.45) is 0 Å². The van der Waals surface area contributed by atoms with E-state index in [-0.39, 0.29) is 12.3 Å². The van der Waals surface area contributed by atoms with Crippen LogP contribution in [0.2, 0.25) is 5.02 Å². The zero-order chi connectivity index (χ0) is 13.0. The molecule has 1 aliphatic carbocycles. The minimum atomic E-state index is -0.840. The second kappa shape index (κ2) is 5.54. The molecule has 1 fully saturated rings. The molecule has 0 spiro atoms. The Morgan fingerprint density at radius 1 is 1.50 bits per heavy atom. The van der Waals surface area contributed by atoms with E-state index in [0.29, 0.717) is 23.7 Å². The topological polar surface area (TPSA) is 74.2 Å². The molecule has 1 aromatic heterocycles. The van der Waals surface area contributed by atoms with Crippen LogP contribution in [0.15, 0.2) is 18.3 Å². The largest absolute Gasteiger partial charge is 0.389 e. The fraction of sp³-hybridized carbons (Fsp3) is 0.500. The van der Waals surface area contributed by atoms with E-state index in [1.807, 2.05) is 0 Å². The summed E-state index contributed by atoms with van der Waals surface area (Å²) in [6.45, 7) is 0. The number of hydrogen-bond donors (Lipinski definition) is 3. The number of hydrogen-bond acceptors (Lipinski definition) is 4. The van der Waals surface area contributed by atoms with Gasteiger partial charge in [-0.05, 0) is 18.9 Å². The summed E-state index contributed by atoms with van der Waals surface area (Å²) in [5.41, 5.74) is 4.34. The van der Waals surface area contributed by atoms with Crippen LogP contribution >= 0.6 is 11.6 Å². The summed E-state index contributed by atoms with van der Waals surface area (Å²) < 4.78 is 0. The third-order valence-corrected chi connectivity index (χ3v) is 3.31. The second-order valence-corrected chi connectivity index (χ2v) is 5.08. The highest BCUT2D eigenvalue weighted by atomic mass is 35.5. The van der Waals surface area contributed by atoms with Crippen LogP contribution in [0.1, 0.15) is 32.1 Å². The van der Waals surface area contributed by atoms with Gasteiger partial charge in [0.05, 0.1) is 12.0 Å². The number of aliphatic hydroxyl groups is 1. The monoisotopic (exact) mass is 269 g/mol. The first-order valence-corrected chi connectivity index (χ1v) is 6.34. The summed E-state index contributed by atoms with van der Waals surface area (Å²) in [4.78, 5) is 15.7. The van der Waals surface area contributed by atoms with E-state index in [2.05, 4.69) is 15.8 Å². The first-order chi connectivity index (χ1) is 8.57. The molecule has 3 N–H and O–H groups in total. The Balaban J connectivity index is 1.81. The standard InChI is InChI=1S/C12H16ClN3O2/c13-9-3-6-14-10(7-9)15-16-11(17)8-12(18)4-1-2-5-12/h3,6-7,18H,1-2,4-5,8H2,(H,14,15)(H,16,17). The molecule has 0 unspecified atom stereocenters. The fourth-order valence-electron chi connectivity index (χ4n) is 2.16. The zero-order valence-corrected chi connectivity index (χ0v) is 10.7. The number of rotatable bonds is 4. The number of carbonyl (C=O) groups excluding carboxylic acids is 1. The fourth-order valence-corrected chi connectivity index (χ4v) is 2.32. The van der Waals surface area contributed by atoms with Crippen molar-refractivity contribution in [1.29, 1.82) is 0 Å². The molecule has 1 aromatic rings. The van der Waals surface area contributed by atoms with Crippen molar-refractivity contribution in [3.63, 3.8) is 0 Å². The van der Waals surface area contributed by atoms with Crippen LogP contribution in [0.3, 0.4) is 0 Å². The Hall–Kier alpha value is -1.33. The Bertz CT molecular complexity index is 433. The number of nitrogens with zero attached hydrogens (tertiary/aromatic N) is 1. The molecule has 1 aliphatic rings. The molecule has 6 heteroatoms. The first-order valence-electron chi connectivity index (χ1n) is 5.96. The molecule has 0 saturated heterocycles. The Morgan fingerprint density at radius 3 is 2.89 bits per heavy atom. The van der Waals surface area contributed by atoms with E-state index in [4.69, 9.17) is 11.6 Å². The quantitative estimate of drug-likeness (QED) is 0.730. The average molecular weight is 270 g/mol. The molecule has 0 aromatic carbocycles. The van der Waals surface area contributed by atoms with E-state index in [0.717, 1.165) is 12.8 Å². The van der Waals surface area contributed by atoms with Crippen molar-refractivity contribution < 1.29 is 9.90 Å². The van der Waals surface area contributed by atoms with Gasteiger partial charge in [-0.15, -0.1) is 0 Å². The molecule has 2 rings (SSSR count). The molecule has 18 heavy (non-hydrogen) atoms. The van der Waals surface area contributed by atoms with E-state index >= 15 is 0 Å². The highest BCUT2D eigenvalue weighted by molar-refractivity contribution is 6.30. The summed E-state index contributed by atoms with van der Waals surface area (Å²) in [6, 6.07) is 3.25. The summed E-state index contributed by atoms with van der Waals surface area (Å²) in [7, 11) is 0. The maximum absolute atomic E-state index is 11.7. The number of nitrogens with one attached hydrogen (secondary N) is 2. The number of anilines is 1. The lowest BCUT2D eigenvalue weighted by Gasteiger charge is -2.21. The van der Waals surface area contributed by atoms with Gasteiger partial charge < -0.3 is 5.11 Å². The number of amides is 1. The molecule has 1 saturated carbocycles. The number of hydrazine groups is 1. The average Bonchev–Trinajstić information content (AvgIpc) is 2.73. The van der Waals surface area contributed by atoms with Gasteiger partial charge in [-0.1, -0.05) is 24.4 Å². The molecule has 0 atom stereocenters. The van der Waals surface area contributed by atoms with Gasteiger partial charge in [0, 0.05) is 17.3 Å². The molecule has 0 aliphatic heterocycles. The van der Waals surface area contributed by atoms with E-state index < -0.39 is 5.60 Å². The lowest BCUT2D eigenvalue weighted by molar-refractivity contribution is -0.125. The van der Waals surface area contributed by atoms with Gasteiger partial charge in [0.15, 0.2) is 0 Å². The van der Waals surface area contributed by atoms with Gasteiger partial charge >= 0.3 is 0 Å². The highest BCUT2D eigenvalue weighted by Gasteiger charge is 2.33. The second-order valence-electron chi connectivity index (χ2n) is 4.64. The van der Waals surface area contributed by atoms with Gasteiger partial charge in [-0.3, -0.25) is 15.6 Å². The summed E-state index contributed by atoms with van der Waals surface area (Å²) >= 11 is 5.79. The molecule has 0 bridgehead atoms. The van der Waals surface area contributed by atoms with Crippen molar-refractivity contribution in [3.05, 3.63) is 23.4 Å². The zero-order valence-electron chi connectivity index (χ0n) is 9.95. The van der Waals surface area contributed by atoms with Gasteiger partial charge in [0.2, 0.25) is 5.91 Å². The smallest absolute Gasteiger partial charge is 0.241 e. The van der Waals surface area contributed by atoms with Gasteiger partial charge in [0.25, 0.3) is 0 Å². The molecule has 98 valence electrons. The molecular formula is C12H16ClN3O2. The van der Waals surface area contributed by atoms with E-state index in [1.54, 1.807) is 18.3 Å². The van der Waals surface area contributed by atoms with Crippen LogP contribution in [0.25, 0.3) is 0 Å². The Morgan fingerprint density at radius 2 is 2.22 bits per heavy atom. The van der Waals surface area contributed by atoms with Crippen LogP contribution in [-0.4, -0.2) is 21.6 Å². The highest BCUT2D eigenvalue weighted by Crippen LogP contribution is 2.32. The lowest BCUT2D eigenvalue weighted by Crippen LogP contribution is -2.37. The van der Waals surface area contributed by atoms with Crippen molar-refractivity contribution in [2.45, 2.75) is 37.7 Å². The minimum Gasteiger partial charge on any atom is -0.389 e. The van der Waals surface area contributed by atoms with Crippen LogP contribution < -0.4 is 10.9 Å². The van der Waals surface area contributed by atoms with Crippen molar-refractivity contribution in [1.82, 2.24) is 10.4 Å². The van der Waals surface area contributed by atoms with Crippen LogP contribution in [0.5, 0.6) is 0 Å². The maximum atomic E-state index is 11.7. The SMILES string of the molecule is O=C(CC1(O)CCCC1)NNc1cc(Cl)ccn1. The number of pyridine rings is 1. The lowest BCUT2D eigenvalue weighted by atomic mass is 9.98. The van der Waals surface area contributed by atoms with E-state index in [1.165, 1.54) is 0 Å². The third kappa shape index (κ3) is 3.58. The molecule has 1 amide bonds. The first kappa shape index (κ1) is 13.1. The van der Waals surface area contributed by atoms with E-state index in [9.17, 15) is 9.90 Å². The minimum absolute atomic E-state index is 0.112. The summed E-state index contributed by atoms with van der Waals surface area (Å²) in [5, 5.41) is 10.6. The number of halogens is 1. The van der Waals surface area contributed by atoms with Gasteiger partial charge in [-0.2, -0.15) is 0 Å². The maximum Gasteiger partial charge on any atom is 0.241 e.